The van der Waals surface area contributed by atoms with Crippen molar-refractivity contribution < 1.29 is 9.53 Å². The molecule has 0 aliphatic carbocycles. The molecule has 5 nitrogen and oxygen atoms in total. The molecule has 3 aromatic carbocycles. The van der Waals surface area contributed by atoms with Gasteiger partial charge in [0.2, 0.25) is 0 Å². The van der Waals surface area contributed by atoms with Crippen LogP contribution in [0.2, 0.25) is 5.02 Å². The van der Waals surface area contributed by atoms with Crippen molar-refractivity contribution in [2.24, 2.45) is 0 Å². The number of halogens is 1. The molecule has 0 fully saturated rings. The average Bonchev–Trinajstić information content (AvgIpc) is 3.15. The highest BCUT2D eigenvalue weighted by Gasteiger charge is 2.09. The fraction of sp³-hybridized carbons (Fsp3) is 0.0909. The lowest BCUT2D eigenvalue weighted by Gasteiger charge is -2.10. The van der Waals surface area contributed by atoms with E-state index >= 15 is 0 Å². The number of aromatic nitrogens is 2. The first-order valence-electron chi connectivity index (χ1n) is 8.87. The van der Waals surface area contributed by atoms with Crippen LogP contribution in [0.3, 0.4) is 0 Å². The number of carbonyl (C=O) groups is 1. The van der Waals surface area contributed by atoms with E-state index in [1.165, 1.54) is 0 Å². The van der Waals surface area contributed by atoms with Gasteiger partial charge in [-0.2, -0.15) is 0 Å². The van der Waals surface area contributed by atoms with E-state index in [9.17, 15) is 4.79 Å². The molecular weight excluding hydrogens is 374 g/mol. The molecule has 0 radical (unpaired) electrons. The molecule has 0 unspecified atom stereocenters. The van der Waals surface area contributed by atoms with E-state index < -0.39 is 0 Å². The van der Waals surface area contributed by atoms with Gasteiger partial charge >= 0.3 is 0 Å². The van der Waals surface area contributed by atoms with Gasteiger partial charge in [-0.1, -0.05) is 60.1 Å². The number of aromatic amines is 1. The summed E-state index contributed by atoms with van der Waals surface area (Å²) in [5.41, 5.74) is 3.87. The zero-order valence-corrected chi connectivity index (χ0v) is 15.7. The van der Waals surface area contributed by atoms with Crippen LogP contribution in [0.15, 0.2) is 72.8 Å². The first-order chi connectivity index (χ1) is 13.7. The molecule has 28 heavy (non-hydrogen) atoms. The zero-order chi connectivity index (χ0) is 19.3. The number of fused-ring (bicyclic) bond motifs is 1. The average molecular weight is 392 g/mol. The van der Waals surface area contributed by atoms with E-state index in [0.717, 1.165) is 22.2 Å². The lowest BCUT2D eigenvalue weighted by atomic mass is 10.1. The van der Waals surface area contributed by atoms with Crippen LogP contribution in [0.25, 0.3) is 22.2 Å². The number of carbonyl (C=O) groups excluding carboxylic acids is 1. The molecule has 4 rings (SSSR count). The second kappa shape index (κ2) is 8.15. The Morgan fingerprint density at radius 3 is 2.57 bits per heavy atom. The SMILES string of the molecule is O=C(COc1ccc(-c2ccccc2)cc1Cl)NCc1nc2ccccc2[nH]1. The van der Waals surface area contributed by atoms with Crippen LogP contribution in [0.5, 0.6) is 5.75 Å². The van der Waals surface area contributed by atoms with Gasteiger partial charge in [-0.05, 0) is 35.4 Å². The van der Waals surface area contributed by atoms with Crippen LogP contribution in [0, 0.1) is 0 Å². The van der Waals surface area contributed by atoms with Crippen LogP contribution in [0.4, 0.5) is 0 Å². The number of hydrogen-bond donors (Lipinski definition) is 2. The van der Waals surface area contributed by atoms with Gasteiger partial charge in [0.25, 0.3) is 5.91 Å². The normalized spacial score (nSPS) is 10.8. The summed E-state index contributed by atoms with van der Waals surface area (Å²) < 4.78 is 5.56. The second-order valence-corrected chi connectivity index (χ2v) is 6.68. The highest BCUT2D eigenvalue weighted by molar-refractivity contribution is 6.32. The van der Waals surface area contributed by atoms with Gasteiger partial charge in [-0.3, -0.25) is 4.79 Å². The van der Waals surface area contributed by atoms with Crippen LogP contribution in [0.1, 0.15) is 5.82 Å². The fourth-order valence-corrected chi connectivity index (χ4v) is 3.13. The number of nitrogens with zero attached hydrogens (tertiary/aromatic N) is 1. The number of imidazole rings is 1. The Hall–Kier alpha value is -3.31. The number of hydrogen-bond acceptors (Lipinski definition) is 3. The van der Waals surface area contributed by atoms with E-state index in [1.807, 2.05) is 66.7 Å². The third kappa shape index (κ3) is 4.15. The maximum atomic E-state index is 12.1. The smallest absolute Gasteiger partial charge is 0.258 e. The molecule has 0 spiro atoms. The minimum absolute atomic E-state index is 0.120. The third-order valence-electron chi connectivity index (χ3n) is 4.29. The van der Waals surface area contributed by atoms with Crippen LogP contribution < -0.4 is 10.1 Å². The Balaban J connectivity index is 1.33. The molecule has 0 saturated heterocycles. The monoisotopic (exact) mass is 391 g/mol. The van der Waals surface area contributed by atoms with E-state index in [-0.39, 0.29) is 12.5 Å². The number of ether oxygens (including phenoxy) is 1. The molecule has 0 saturated carbocycles. The van der Waals surface area contributed by atoms with Gasteiger partial charge in [0.15, 0.2) is 6.61 Å². The topological polar surface area (TPSA) is 67.0 Å². The Morgan fingerprint density at radius 2 is 1.79 bits per heavy atom. The number of para-hydroxylation sites is 2. The van der Waals surface area contributed by atoms with Crippen molar-refractivity contribution in [1.29, 1.82) is 0 Å². The van der Waals surface area contributed by atoms with Gasteiger partial charge in [0.1, 0.15) is 11.6 Å². The molecule has 140 valence electrons. The first-order valence-corrected chi connectivity index (χ1v) is 9.25. The number of amides is 1. The molecule has 4 aromatic rings. The predicted molar refractivity (Wildman–Crippen MR) is 110 cm³/mol. The van der Waals surface area contributed by atoms with Crippen molar-refractivity contribution >= 4 is 28.5 Å². The summed E-state index contributed by atoms with van der Waals surface area (Å²) in [5, 5.41) is 3.25. The van der Waals surface area contributed by atoms with E-state index in [4.69, 9.17) is 16.3 Å². The molecular formula is C22H18ClN3O2. The highest BCUT2D eigenvalue weighted by Crippen LogP contribution is 2.30. The molecule has 0 aliphatic heterocycles. The summed E-state index contributed by atoms with van der Waals surface area (Å²) in [6.45, 7) is 0.183. The van der Waals surface area contributed by atoms with Crippen molar-refractivity contribution in [3.05, 3.63) is 83.6 Å². The van der Waals surface area contributed by atoms with Gasteiger partial charge in [0.05, 0.1) is 22.6 Å². The summed E-state index contributed by atoms with van der Waals surface area (Å²) in [5.74, 6) is 0.920. The predicted octanol–water partition coefficient (Wildman–Crippen LogP) is 4.58. The van der Waals surface area contributed by atoms with Crippen LogP contribution >= 0.6 is 11.6 Å². The largest absolute Gasteiger partial charge is 0.482 e. The molecule has 0 atom stereocenters. The van der Waals surface area contributed by atoms with Gasteiger partial charge in [-0.25, -0.2) is 4.98 Å². The zero-order valence-electron chi connectivity index (χ0n) is 15.0. The van der Waals surface area contributed by atoms with E-state index in [2.05, 4.69) is 15.3 Å². The van der Waals surface area contributed by atoms with Crippen molar-refractivity contribution in [2.45, 2.75) is 6.54 Å². The van der Waals surface area contributed by atoms with Crippen molar-refractivity contribution in [3.63, 3.8) is 0 Å². The van der Waals surface area contributed by atoms with Crippen LogP contribution in [-0.4, -0.2) is 22.5 Å². The number of nitrogens with one attached hydrogen (secondary N) is 2. The Bertz CT molecular complexity index is 1080. The summed E-state index contributed by atoms with van der Waals surface area (Å²) in [6, 6.07) is 23.2. The summed E-state index contributed by atoms with van der Waals surface area (Å²) in [6.07, 6.45) is 0. The maximum absolute atomic E-state index is 12.1. The third-order valence-corrected chi connectivity index (χ3v) is 4.58. The van der Waals surface area contributed by atoms with Crippen LogP contribution in [-0.2, 0) is 11.3 Å². The molecule has 1 heterocycles. The molecule has 1 amide bonds. The molecule has 2 N–H and O–H groups in total. The van der Waals surface area contributed by atoms with Crippen molar-refractivity contribution in [1.82, 2.24) is 15.3 Å². The van der Waals surface area contributed by atoms with Gasteiger partial charge in [0, 0.05) is 0 Å². The van der Waals surface area contributed by atoms with Gasteiger partial charge < -0.3 is 15.0 Å². The standard InChI is InChI=1S/C22H18ClN3O2/c23-17-12-16(15-6-2-1-3-7-15)10-11-20(17)28-14-22(27)24-13-21-25-18-8-4-5-9-19(18)26-21/h1-12H,13-14H2,(H,24,27)(H,25,26). The van der Waals surface area contributed by atoms with Gasteiger partial charge in [-0.15, -0.1) is 0 Å². The lowest BCUT2D eigenvalue weighted by Crippen LogP contribution is -2.28. The van der Waals surface area contributed by atoms with E-state index in [1.54, 1.807) is 6.07 Å². The van der Waals surface area contributed by atoms with Crippen molar-refractivity contribution in [3.8, 4) is 16.9 Å². The molecule has 0 aliphatic rings. The summed E-state index contributed by atoms with van der Waals surface area (Å²) >= 11 is 6.31. The minimum atomic E-state index is -0.247. The highest BCUT2D eigenvalue weighted by atomic mass is 35.5. The Morgan fingerprint density at radius 1 is 1.00 bits per heavy atom. The Labute approximate surface area is 167 Å². The number of benzene rings is 3. The molecule has 0 bridgehead atoms. The Kier molecular flexibility index (Phi) is 5.26. The minimum Gasteiger partial charge on any atom is -0.482 e. The number of H-pyrrole nitrogens is 1. The second-order valence-electron chi connectivity index (χ2n) is 6.28. The molecule has 1 aromatic heterocycles. The molecule has 6 heteroatoms. The summed E-state index contributed by atoms with van der Waals surface area (Å²) in [4.78, 5) is 19.7. The number of rotatable bonds is 6. The quantitative estimate of drug-likeness (QED) is 0.505. The first kappa shape index (κ1) is 18.1. The van der Waals surface area contributed by atoms with E-state index in [0.29, 0.717) is 23.1 Å². The fourth-order valence-electron chi connectivity index (χ4n) is 2.89. The summed E-state index contributed by atoms with van der Waals surface area (Å²) in [7, 11) is 0. The maximum Gasteiger partial charge on any atom is 0.258 e. The van der Waals surface area contributed by atoms with Crippen molar-refractivity contribution in [2.75, 3.05) is 6.61 Å². The lowest BCUT2D eigenvalue weighted by molar-refractivity contribution is -0.123.